The third kappa shape index (κ3) is 5.54. The fourth-order valence-electron chi connectivity index (χ4n) is 5.28. The Morgan fingerprint density at radius 1 is 0.947 bits per heavy atom. The van der Waals surface area contributed by atoms with Crippen LogP contribution in [0.4, 0.5) is 16.2 Å². The van der Waals surface area contributed by atoms with Crippen molar-refractivity contribution in [1.29, 1.82) is 0 Å². The van der Waals surface area contributed by atoms with E-state index in [0.29, 0.717) is 6.54 Å². The van der Waals surface area contributed by atoms with Gasteiger partial charge in [0.05, 0.1) is 11.7 Å². The molecule has 0 spiro atoms. The standard InChI is InChI=1S/C32H39N3O3/c1-6-7-18-34-28-17-9-8-14-27(28)31(23-12-10-13-24(36)19-23)35(32(34)38)20-29(37)33-30-25(21(2)3)15-11-16-26(30)22(4)5/h8-17,19,21-22,31,36H,6-7,18,20H2,1-5H3,(H,33,37). The lowest BCUT2D eigenvalue weighted by Crippen LogP contribution is -2.52. The van der Waals surface area contributed by atoms with Gasteiger partial charge in [0, 0.05) is 17.8 Å². The van der Waals surface area contributed by atoms with Crippen molar-refractivity contribution in [2.24, 2.45) is 0 Å². The molecule has 1 heterocycles. The van der Waals surface area contributed by atoms with Crippen molar-refractivity contribution >= 4 is 23.3 Å². The number of hydrogen-bond donors (Lipinski definition) is 2. The average Bonchev–Trinajstić information content (AvgIpc) is 2.88. The first-order valence-electron chi connectivity index (χ1n) is 13.6. The summed E-state index contributed by atoms with van der Waals surface area (Å²) in [7, 11) is 0. The molecular weight excluding hydrogens is 474 g/mol. The molecule has 38 heavy (non-hydrogen) atoms. The zero-order chi connectivity index (χ0) is 27.4. The smallest absolute Gasteiger partial charge is 0.325 e. The number of para-hydroxylation sites is 2. The SMILES string of the molecule is CCCCN1C(=O)N(CC(=O)Nc2c(C(C)C)cccc2C(C)C)C(c2cccc(O)c2)c2ccccc21. The molecule has 3 aromatic carbocycles. The van der Waals surface area contributed by atoms with Gasteiger partial charge in [-0.2, -0.15) is 0 Å². The molecule has 6 nitrogen and oxygen atoms in total. The zero-order valence-electron chi connectivity index (χ0n) is 23.1. The van der Waals surface area contributed by atoms with E-state index in [2.05, 4.69) is 52.1 Å². The van der Waals surface area contributed by atoms with Crippen LogP contribution in [0.5, 0.6) is 5.75 Å². The lowest BCUT2D eigenvalue weighted by molar-refractivity contribution is -0.117. The largest absolute Gasteiger partial charge is 0.508 e. The number of urea groups is 1. The normalized spacial score (nSPS) is 15.2. The number of nitrogens with zero attached hydrogens (tertiary/aromatic N) is 2. The molecule has 3 amide bonds. The molecule has 200 valence electrons. The number of unbranched alkanes of at least 4 members (excludes halogenated alkanes) is 1. The van der Waals surface area contributed by atoms with Crippen LogP contribution in [0.3, 0.4) is 0 Å². The molecule has 1 unspecified atom stereocenters. The minimum Gasteiger partial charge on any atom is -0.508 e. The molecule has 0 saturated heterocycles. The van der Waals surface area contributed by atoms with Crippen molar-refractivity contribution in [1.82, 2.24) is 4.90 Å². The van der Waals surface area contributed by atoms with Crippen LogP contribution in [0, 0.1) is 0 Å². The van der Waals surface area contributed by atoms with Crippen LogP contribution in [0.1, 0.15) is 87.6 Å². The minimum atomic E-state index is -0.501. The Morgan fingerprint density at radius 3 is 2.24 bits per heavy atom. The van der Waals surface area contributed by atoms with E-state index >= 15 is 0 Å². The summed E-state index contributed by atoms with van der Waals surface area (Å²) in [5.74, 6) is 0.347. The maximum atomic E-state index is 14.0. The van der Waals surface area contributed by atoms with Gasteiger partial charge in [0.15, 0.2) is 0 Å². The number of anilines is 2. The molecule has 2 N–H and O–H groups in total. The van der Waals surface area contributed by atoms with Crippen molar-refractivity contribution in [2.45, 2.75) is 65.3 Å². The number of benzene rings is 3. The molecule has 6 heteroatoms. The van der Waals surface area contributed by atoms with Gasteiger partial charge in [0.2, 0.25) is 5.91 Å². The Balaban J connectivity index is 1.75. The van der Waals surface area contributed by atoms with E-state index in [1.54, 1.807) is 28.0 Å². The first kappa shape index (κ1) is 27.2. The van der Waals surface area contributed by atoms with Crippen molar-refractivity contribution in [2.75, 3.05) is 23.3 Å². The predicted octanol–water partition coefficient (Wildman–Crippen LogP) is 7.41. The average molecular weight is 514 g/mol. The van der Waals surface area contributed by atoms with Gasteiger partial charge in [-0.05, 0) is 53.1 Å². The number of rotatable bonds is 9. The lowest BCUT2D eigenvalue weighted by atomic mass is 9.92. The van der Waals surface area contributed by atoms with Gasteiger partial charge >= 0.3 is 6.03 Å². The number of fused-ring (bicyclic) bond motifs is 1. The Morgan fingerprint density at radius 2 is 1.61 bits per heavy atom. The van der Waals surface area contributed by atoms with Gasteiger partial charge in [-0.3, -0.25) is 9.69 Å². The second-order valence-corrected chi connectivity index (χ2v) is 10.6. The molecule has 4 rings (SSSR count). The molecule has 0 bridgehead atoms. The molecule has 1 atom stereocenters. The molecule has 3 aromatic rings. The second kappa shape index (κ2) is 11.7. The summed E-state index contributed by atoms with van der Waals surface area (Å²) < 4.78 is 0. The fraction of sp³-hybridized carbons (Fsp3) is 0.375. The van der Waals surface area contributed by atoms with Gasteiger partial charge in [-0.1, -0.05) is 89.6 Å². The van der Waals surface area contributed by atoms with Gasteiger partial charge in [0.1, 0.15) is 12.3 Å². The van der Waals surface area contributed by atoms with Crippen LogP contribution in [-0.4, -0.2) is 35.0 Å². The summed E-state index contributed by atoms with van der Waals surface area (Å²) in [5, 5.41) is 13.4. The highest BCUT2D eigenvalue weighted by Gasteiger charge is 2.39. The Hall–Kier alpha value is -3.80. The number of amides is 3. The monoisotopic (exact) mass is 513 g/mol. The first-order valence-corrected chi connectivity index (χ1v) is 13.6. The molecular formula is C32H39N3O3. The molecule has 0 aromatic heterocycles. The highest BCUT2D eigenvalue weighted by atomic mass is 16.3. The summed E-state index contributed by atoms with van der Waals surface area (Å²) in [6.45, 7) is 11.0. The van der Waals surface area contributed by atoms with Crippen molar-refractivity contribution < 1.29 is 14.7 Å². The van der Waals surface area contributed by atoms with Crippen LogP contribution in [0.15, 0.2) is 66.7 Å². The maximum Gasteiger partial charge on any atom is 0.325 e. The third-order valence-electron chi connectivity index (χ3n) is 7.18. The predicted molar refractivity (Wildman–Crippen MR) is 154 cm³/mol. The van der Waals surface area contributed by atoms with Gasteiger partial charge in [-0.15, -0.1) is 0 Å². The van der Waals surface area contributed by atoms with E-state index < -0.39 is 6.04 Å². The highest BCUT2D eigenvalue weighted by molar-refractivity contribution is 6.01. The number of phenolic OH excluding ortho intramolecular Hbond substituents is 1. The van der Waals surface area contributed by atoms with Crippen molar-refractivity contribution in [3.63, 3.8) is 0 Å². The molecule has 1 aliphatic rings. The number of carbonyl (C=O) groups excluding carboxylic acids is 2. The third-order valence-corrected chi connectivity index (χ3v) is 7.18. The Kier molecular flexibility index (Phi) is 8.40. The molecule has 0 fully saturated rings. The zero-order valence-corrected chi connectivity index (χ0v) is 23.1. The van der Waals surface area contributed by atoms with Crippen LogP contribution < -0.4 is 10.2 Å². The maximum absolute atomic E-state index is 14.0. The fourth-order valence-corrected chi connectivity index (χ4v) is 5.28. The van der Waals surface area contributed by atoms with E-state index in [0.717, 1.165) is 46.5 Å². The van der Waals surface area contributed by atoms with Crippen molar-refractivity contribution in [3.05, 3.63) is 89.0 Å². The van der Waals surface area contributed by atoms with E-state index in [1.165, 1.54) is 0 Å². The minimum absolute atomic E-state index is 0.111. The number of phenols is 1. The van der Waals surface area contributed by atoms with Gasteiger partial charge < -0.3 is 15.3 Å². The molecule has 0 saturated carbocycles. The number of hydrogen-bond acceptors (Lipinski definition) is 3. The number of aromatic hydroxyl groups is 1. The summed E-state index contributed by atoms with van der Waals surface area (Å²) in [4.78, 5) is 31.1. The quantitative estimate of drug-likeness (QED) is 0.313. The Bertz CT molecular complexity index is 1270. The molecule has 0 radical (unpaired) electrons. The summed E-state index contributed by atoms with van der Waals surface area (Å²) in [5.41, 5.74) is 5.54. The molecule has 0 aliphatic carbocycles. The summed E-state index contributed by atoms with van der Waals surface area (Å²) in [6.07, 6.45) is 1.81. The highest BCUT2D eigenvalue weighted by Crippen LogP contribution is 2.41. The topological polar surface area (TPSA) is 72.9 Å². The van der Waals surface area contributed by atoms with Crippen LogP contribution >= 0.6 is 0 Å². The van der Waals surface area contributed by atoms with E-state index in [9.17, 15) is 14.7 Å². The van der Waals surface area contributed by atoms with Gasteiger partial charge in [-0.25, -0.2) is 4.79 Å². The van der Waals surface area contributed by atoms with Crippen LogP contribution in [-0.2, 0) is 4.79 Å². The second-order valence-electron chi connectivity index (χ2n) is 10.6. The Labute approximate surface area is 226 Å². The van der Waals surface area contributed by atoms with Crippen LogP contribution in [0.2, 0.25) is 0 Å². The van der Waals surface area contributed by atoms with Crippen LogP contribution in [0.25, 0.3) is 0 Å². The van der Waals surface area contributed by atoms with E-state index in [1.807, 2.05) is 36.4 Å². The van der Waals surface area contributed by atoms with Crippen molar-refractivity contribution in [3.8, 4) is 5.75 Å². The number of carbonyl (C=O) groups is 2. The number of nitrogens with one attached hydrogen (secondary N) is 1. The van der Waals surface area contributed by atoms with E-state index in [4.69, 9.17) is 0 Å². The van der Waals surface area contributed by atoms with E-state index in [-0.39, 0.29) is 36.1 Å². The van der Waals surface area contributed by atoms with Gasteiger partial charge in [0.25, 0.3) is 0 Å². The first-order chi connectivity index (χ1) is 18.2. The molecule has 1 aliphatic heterocycles. The summed E-state index contributed by atoms with van der Waals surface area (Å²) in [6, 6.07) is 20.2. The summed E-state index contributed by atoms with van der Waals surface area (Å²) >= 11 is 0. The lowest BCUT2D eigenvalue weighted by Gasteiger charge is -2.42.